The van der Waals surface area contributed by atoms with Gasteiger partial charge in [0.05, 0.1) is 11.6 Å². The normalized spacial score (nSPS) is 19.6. The number of hydrogen-bond acceptors (Lipinski definition) is 7. The van der Waals surface area contributed by atoms with E-state index in [0.717, 1.165) is 12.8 Å². The van der Waals surface area contributed by atoms with Crippen molar-refractivity contribution in [1.82, 2.24) is 4.90 Å². The molecular weight excluding hydrogens is 342 g/mol. The van der Waals surface area contributed by atoms with Gasteiger partial charge in [0.25, 0.3) is 0 Å². The van der Waals surface area contributed by atoms with E-state index in [2.05, 4.69) is 0 Å². The molecule has 1 aliphatic heterocycles. The van der Waals surface area contributed by atoms with Crippen molar-refractivity contribution in [1.29, 1.82) is 0 Å². The Hall–Kier alpha value is -2.77. The summed E-state index contributed by atoms with van der Waals surface area (Å²) in [6.07, 6.45) is 1.04. The molecule has 0 aromatic heterocycles. The first-order chi connectivity index (χ1) is 12.5. The third kappa shape index (κ3) is 3.89. The molecule has 2 atom stereocenters. The Kier molecular flexibility index (Phi) is 5.29. The quantitative estimate of drug-likeness (QED) is 0.599. The Morgan fingerprint density at radius 3 is 2.73 bits per heavy atom. The number of ether oxygens (including phenoxy) is 4. The molecule has 0 N–H and O–H groups in total. The van der Waals surface area contributed by atoms with Gasteiger partial charge < -0.3 is 23.8 Å². The fourth-order valence-corrected chi connectivity index (χ4v) is 2.99. The summed E-state index contributed by atoms with van der Waals surface area (Å²) in [5.41, 5.74) is 0.257. The molecule has 0 bridgehead atoms. The number of carbonyl (C=O) groups is 3. The summed E-state index contributed by atoms with van der Waals surface area (Å²) in [5.74, 6) is 0.389. The summed E-state index contributed by atoms with van der Waals surface area (Å²) in [6.45, 7) is 1.55. The van der Waals surface area contributed by atoms with Crippen molar-refractivity contribution in [2.75, 3.05) is 13.8 Å². The third-order valence-corrected chi connectivity index (χ3v) is 4.43. The van der Waals surface area contributed by atoms with Crippen LogP contribution in [0.1, 0.15) is 43.0 Å². The number of fused-ring (bicyclic) bond motifs is 1. The second kappa shape index (κ2) is 7.63. The van der Waals surface area contributed by atoms with Crippen molar-refractivity contribution in [3.05, 3.63) is 23.8 Å². The Bertz CT molecular complexity index is 717. The summed E-state index contributed by atoms with van der Waals surface area (Å²) >= 11 is 0. The summed E-state index contributed by atoms with van der Waals surface area (Å²) in [6, 6.07) is 4.18. The van der Waals surface area contributed by atoms with Crippen LogP contribution in [0.4, 0.5) is 4.79 Å². The van der Waals surface area contributed by atoms with E-state index < -0.39 is 24.4 Å². The smallest absolute Gasteiger partial charge is 0.413 e. The highest BCUT2D eigenvalue weighted by Crippen LogP contribution is 2.32. The van der Waals surface area contributed by atoms with Crippen LogP contribution in [0, 0.1) is 0 Å². The molecule has 0 radical (unpaired) electrons. The van der Waals surface area contributed by atoms with Crippen molar-refractivity contribution in [3.8, 4) is 11.5 Å². The van der Waals surface area contributed by atoms with Crippen molar-refractivity contribution in [2.45, 2.75) is 44.9 Å². The molecule has 140 valence electrons. The topological polar surface area (TPSA) is 91.4 Å². The second-order valence-electron chi connectivity index (χ2n) is 6.26. The number of Topliss-reactive ketones (excluding diaryl/α,β-unsaturated/α-hetero) is 1. The van der Waals surface area contributed by atoms with Crippen LogP contribution in [-0.2, 0) is 14.3 Å². The number of benzene rings is 1. The van der Waals surface area contributed by atoms with Crippen molar-refractivity contribution >= 4 is 17.8 Å². The largest absolute Gasteiger partial charge is 0.454 e. The zero-order valence-corrected chi connectivity index (χ0v) is 14.7. The molecule has 1 fully saturated rings. The molecule has 2 unspecified atom stereocenters. The van der Waals surface area contributed by atoms with Gasteiger partial charge in [0.1, 0.15) is 0 Å². The van der Waals surface area contributed by atoms with E-state index in [1.807, 2.05) is 0 Å². The molecule has 0 spiro atoms. The molecular formula is C18H21NO7. The van der Waals surface area contributed by atoms with Crippen LogP contribution in [-0.4, -0.2) is 48.9 Å². The Balaban J connectivity index is 1.54. The summed E-state index contributed by atoms with van der Waals surface area (Å²) in [7, 11) is 1.52. The highest BCUT2D eigenvalue weighted by molar-refractivity contribution is 5.90. The zero-order valence-electron chi connectivity index (χ0n) is 14.7. The lowest BCUT2D eigenvalue weighted by Gasteiger charge is -2.30. The van der Waals surface area contributed by atoms with Crippen LogP contribution < -0.4 is 9.47 Å². The molecule has 8 nitrogen and oxygen atoms in total. The monoisotopic (exact) mass is 363 g/mol. The molecule has 0 saturated heterocycles. The Labute approximate surface area is 150 Å². The van der Waals surface area contributed by atoms with E-state index in [4.69, 9.17) is 18.9 Å². The molecule has 1 heterocycles. The van der Waals surface area contributed by atoms with Gasteiger partial charge in [-0.25, -0.2) is 9.59 Å². The van der Waals surface area contributed by atoms with Gasteiger partial charge in [-0.05, 0) is 31.0 Å². The summed E-state index contributed by atoms with van der Waals surface area (Å²) < 4.78 is 20.7. The number of esters is 1. The minimum atomic E-state index is -1.10. The minimum absolute atomic E-state index is 0.0284. The third-order valence-electron chi connectivity index (χ3n) is 4.43. The molecule has 1 aliphatic carbocycles. The van der Waals surface area contributed by atoms with Crippen molar-refractivity contribution in [3.63, 3.8) is 0 Å². The molecule has 1 saturated carbocycles. The van der Waals surface area contributed by atoms with E-state index in [9.17, 15) is 14.4 Å². The highest BCUT2D eigenvalue weighted by atomic mass is 16.7. The molecule has 1 amide bonds. The zero-order chi connectivity index (χ0) is 18.7. The number of rotatable bonds is 4. The van der Waals surface area contributed by atoms with Crippen molar-refractivity contribution < 1.29 is 33.3 Å². The van der Waals surface area contributed by atoms with Gasteiger partial charge in [-0.3, -0.25) is 4.79 Å². The van der Waals surface area contributed by atoms with E-state index in [1.54, 1.807) is 6.07 Å². The van der Waals surface area contributed by atoms with Crippen LogP contribution in [0.15, 0.2) is 18.2 Å². The molecule has 1 aromatic carbocycles. The van der Waals surface area contributed by atoms with Gasteiger partial charge in [-0.1, -0.05) is 6.42 Å². The maximum absolute atomic E-state index is 12.2. The molecule has 2 aliphatic rings. The molecule has 26 heavy (non-hydrogen) atoms. The molecule has 8 heteroatoms. The SMILES string of the molecule is CC(OC(=O)c1ccc2c(c1)OCO2)OC(=O)N(C)C1CCCCC1=O. The molecule has 3 rings (SSSR count). The average Bonchev–Trinajstić information content (AvgIpc) is 3.09. The first kappa shape index (κ1) is 18.0. The predicted octanol–water partition coefficient (Wildman–Crippen LogP) is 2.50. The van der Waals surface area contributed by atoms with Crippen LogP contribution in [0.3, 0.4) is 0 Å². The van der Waals surface area contributed by atoms with Crippen molar-refractivity contribution in [2.24, 2.45) is 0 Å². The fraction of sp³-hybridized carbons (Fsp3) is 0.500. The Morgan fingerprint density at radius 2 is 1.96 bits per heavy atom. The first-order valence-corrected chi connectivity index (χ1v) is 8.52. The van der Waals surface area contributed by atoms with E-state index in [1.165, 1.54) is 31.0 Å². The molecule has 1 aromatic rings. The number of nitrogens with zero attached hydrogens (tertiary/aromatic N) is 1. The van der Waals surface area contributed by atoms with E-state index >= 15 is 0 Å². The van der Waals surface area contributed by atoms with Crippen LogP contribution in [0.2, 0.25) is 0 Å². The van der Waals surface area contributed by atoms with Crippen LogP contribution >= 0.6 is 0 Å². The standard InChI is InChI=1S/C18H21NO7/c1-11(26-18(22)19(2)13-5-3-4-6-14(13)20)25-17(21)12-7-8-15-16(9-12)24-10-23-15/h7-9,11,13H,3-6,10H2,1-2H3. The second-order valence-corrected chi connectivity index (χ2v) is 6.26. The number of carbonyl (C=O) groups excluding carboxylic acids is 3. The Morgan fingerprint density at radius 1 is 1.19 bits per heavy atom. The lowest BCUT2D eigenvalue weighted by Crippen LogP contribution is -2.45. The number of amides is 1. The average molecular weight is 363 g/mol. The van der Waals surface area contributed by atoms with E-state index in [-0.39, 0.29) is 18.1 Å². The van der Waals surface area contributed by atoms with Crippen LogP contribution in [0.25, 0.3) is 0 Å². The van der Waals surface area contributed by atoms with Gasteiger partial charge in [0.15, 0.2) is 17.3 Å². The summed E-state index contributed by atoms with van der Waals surface area (Å²) in [5, 5.41) is 0. The lowest BCUT2D eigenvalue weighted by atomic mass is 9.93. The predicted molar refractivity (Wildman–Crippen MR) is 88.9 cm³/mol. The number of ketones is 1. The minimum Gasteiger partial charge on any atom is -0.454 e. The highest BCUT2D eigenvalue weighted by Gasteiger charge is 2.31. The number of hydrogen-bond donors (Lipinski definition) is 0. The fourth-order valence-electron chi connectivity index (χ4n) is 2.99. The van der Waals surface area contributed by atoms with Gasteiger partial charge in [-0.2, -0.15) is 0 Å². The van der Waals surface area contributed by atoms with Gasteiger partial charge in [0.2, 0.25) is 13.1 Å². The maximum atomic E-state index is 12.2. The number of likely N-dealkylation sites (N-methyl/N-ethyl adjacent to an activating group) is 1. The van der Waals surface area contributed by atoms with Crippen LogP contribution in [0.5, 0.6) is 11.5 Å². The van der Waals surface area contributed by atoms with E-state index in [0.29, 0.717) is 24.3 Å². The summed E-state index contributed by atoms with van der Waals surface area (Å²) in [4.78, 5) is 37.6. The maximum Gasteiger partial charge on any atom is 0.413 e. The van der Waals surface area contributed by atoms with Gasteiger partial charge in [0, 0.05) is 20.4 Å². The lowest BCUT2D eigenvalue weighted by molar-refractivity contribution is -0.126. The first-order valence-electron chi connectivity index (χ1n) is 8.52. The van der Waals surface area contributed by atoms with Gasteiger partial charge >= 0.3 is 12.1 Å². The van der Waals surface area contributed by atoms with Gasteiger partial charge in [-0.15, -0.1) is 0 Å².